The van der Waals surface area contributed by atoms with E-state index >= 15 is 0 Å². The molecule has 0 spiro atoms. The van der Waals surface area contributed by atoms with Crippen LogP contribution in [0.5, 0.6) is 0 Å². The molecule has 2 aromatic carbocycles. The van der Waals surface area contributed by atoms with Gasteiger partial charge in [-0.25, -0.2) is 4.79 Å². The fourth-order valence-corrected chi connectivity index (χ4v) is 3.77. The molecule has 0 saturated carbocycles. The van der Waals surface area contributed by atoms with E-state index in [2.05, 4.69) is 10.3 Å². The number of amides is 2. The van der Waals surface area contributed by atoms with Gasteiger partial charge in [0.25, 0.3) is 5.56 Å². The Hall–Kier alpha value is -2.83. The number of aromatic amines is 1. The number of hydrogen-bond donors (Lipinski definition) is 2. The first-order valence-corrected chi connectivity index (χ1v) is 10.8. The van der Waals surface area contributed by atoms with Crippen LogP contribution in [-0.4, -0.2) is 35.7 Å². The van der Waals surface area contributed by atoms with Gasteiger partial charge in [0, 0.05) is 36.0 Å². The number of fused-ring (bicyclic) bond motifs is 1. The second-order valence-corrected chi connectivity index (χ2v) is 8.02. The number of rotatable bonds is 8. The maximum Gasteiger partial charge on any atom is 0.322 e. The fraction of sp³-hybridized carbons (Fsp3) is 0.333. The molecule has 1 aromatic heterocycles. The lowest BCUT2D eigenvalue weighted by molar-refractivity contribution is 0.134. The number of H-pyrrole nitrogens is 1. The molecular weight excluding hydrogens is 414 g/mol. The maximum absolute atomic E-state index is 13.0. The molecule has 31 heavy (non-hydrogen) atoms. The van der Waals surface area contributed by atoms with Gasteiger partial charge in [0.2, 0.25) is 0 Å². The number of carbonyl (C=O) groups excluding carboxylic acids is 1. The molecule has 0 aliphatic heterocycles. The molecule has 0 saturated heterocycles. The summed E-state index contributed by atoms with van der Waals surface area (Å²) in [6.45, 7) is 7.75. The van der Waals surface area contributed by atoms with E-state index in [1.54, 1.807) is 29.2 Å². The van der Waals surface area contributed by atoms with Crippen LogP contribution in [0.3, 0.4) is 0 Å². The van der Waals surface area contributed by atoms with Crippen molar-refractivity contribution in [3.05, 3.63) is 74.5 Å². The summed E-state index contributed by atoms with van der Waals surface area (Å²) in [4.78, 5) is 30.3. The van der Waals surface area contributed by atoms with E-state index in [4.69, 9.17) is 16.3 Å². The number of aromatic nitrogens is 1. The normalized spacial score (nSPS) is 11.0. The molecule has 0 bridgehead atoms. The second-order valence-electron chi connectivity index (χ2n) is 7.58. The summed E-state index contributed by atoms with van der Waals surface area (Å²) in [6, 6.07) is 12.6. The first-order chi connectivity index (χ1) is 14.9. The predicted molar refractivity (Wildman–Crippen MR) is 126 cm³/mol. The Bertz CT molecular complexity index is 1130. The van der Waals surface area contributed by atoms with E-state index in [0.29, 0.717) is 42.5 Å². The number of ether oxygens (including phenoxy) is 1. The number of anilines is 1. The highest BCUT2D eigenvalue weighted by Crippen LogP contribution is 2.19. The van der Waals surface area contributed by atoms with Crippen molar-refractivity contribution in [3.8, 4) is 0 Å². The largest absolute Gasteiger partial charge is 0.382 e. The summed E-state index contributed by atoms with van der Waals surface area (Å²) < 4.78 is 5.41. The third-order valence-electron chi connectivity index (χ3n) is 5.02. The molecule has 0 fully saturated rings. The van der Waals surface area contributed by atoms with E-state index in [1.807, 2.05) is 39.0 Å². The molecule has 164 valence electrons. The van der Waals surface area contributed by atoms with Crippen molar-refractivity contribution in [2.45, 2.75) is 33.7 Å². The molecule has 0 aliphatic rings. The lowest BCUT2D eigenvalue weighted by Gasteiger charge is -2.23. The Balaban J connectivity index is 1.85. The van der Waals surface area contributed by atoms with E-state index < -0.39 is 0 Å². The molecule has 0 unspecified atom stereocenters. The van der Waals surface area contributed by atoms with Gasteiger partial charge in [0.1, 0.15) is 0 Å². The van der Waals surface area contributed by atoms with Gasteiger partial charge in [-0.3, -0.25) is 4.79 Å². The molecule has 3 rings (SSSR count). The van der Waals surface area contributed by atoms with Crippen LogP contribution in [0.2, 0.25) is 5.02 Å². The van der Waals surface area contributed by atoms with Crippen molar-refractivity contribution in [1.29, 1.82) is 0 Å². The zero-order valence-corrected chi connectivity index (χ0v) is 18.9. The lowest BCUT2D eigenvalue weighted by atomic mass is 10.1. The van der Waals surface area contributed by atoms with Gasteiger partial charge in [-0.2, -0.15) is 0 Å². The van der Waals surface area contributed by atoms with Crippen LogP contribution in [0.4, 0.5) is 10.5 Å². The van der Waals surface area contributed by atoms with E-state index in [0.717, 1.165) is 22.0 Å². The van der Waals surface area contributed by atoms with Crippen molar-refractivity contribution < 1.29 is 9.53 Å². The third kappa shape index (κ3) is 6.09. The average molecular weight is 442 g/mol. The number of nitrogens with one attached hydrogen (secondary N) is 2. The Morgan fingerprint density at radius 1 is 1.19 bits per heavy atom. The SMILES string of the molecule is CCOCCCN(Cc1cc2cc(C)cc(C)c2[nH]c1=O)C(=O)Nc1cccc(Cl)c1. The monoisotopic (exact) mass is 441 g/mol. The summed E-state index contributed by atoms with van der Waals surface area (Å²) in [6.07, 6.45) is 0.667. The standard InChI is InChI=1S/C24H28ClN3O3/c1-4-31-10-6-9-28(24(30)26-21-8-5-7-20(25)14-21)15-19-13-18-12-16(2)11-17(3)22(18)27-23(19)29/h5,7-8,11-14H,4,6,9-10,15H2,1-3H3,(H,26,30)(H,27,29). The predicted octanol–water partition coefficient (Wildman–Crippen LogP) is 5.26. The van der Waals surface area contributed by atoms with Gasteiger partial charge in [0.15, 0.2) is 0 Å². The summed E-state index contributed by atoms with van der Waals surface area (Å²) in [7, 11) is 0. The van der Waals surface area contributed by atoms with E-state index in [1.165, 1.54) is 0 Å². The maximum atomic E-state index is 13.0. The van der Waals surface area contributed by atoms with Crippen LogP contribution in [0.25, 0.3) is 10.9 Å². The third-order valence-corrected chi connectivity index (χ3v) is 5.25. The van der Waals surface area contributed by atoms with Crippen LogP contribution in [0.15, 0.2) is 47.3 Å². The first-order valence-electron chi connectivity index (χ1n) is 10.4. The molecule has 0 aliphatic carbocycles. The van der Waals surface area contributed by atoms with Crippen LogP contribution >= 0.6 is 11.6 Å². The number of benzene rings is 2. The number of carbonyl (C=O) groups is 1. The minimum atomic E-state index is -0.293. The minimum absolute atomic E-state index is 0.190. The molecule has 2 amide bonds. The highest BCUT2D eigenvalue weighted by atomic mass is 35.5. The van der Waals surface area contributed by atoms with Gasteiger partial charge in [-0.1, -0.05) is 29.3 Å². The Kier molecular flexibility index (Phi) is 7.71. The molecule has 6 nitrogen and oxygen atoms in total. The Morgan fingerprint density at radius 2 is 2.00 bits per heavy atom. The highest BCUT2D eigenvalue weighted by Gasteiger charge is 2.17. The quantitative estimate of drug-likeness (QED) is 0.468. The molecular formula is C24H28ClN3O3. The van der Waals surface area contributed by atoms with Crippen LogP contribution in [-0.2, 0) is 11.3 Å². The number of urea groups is 1. The lowest BCUT2D eigenvalue weighted by Crippen LogP contribution is -2.37. The summed E-state index contributed by atoms with van der Waals surface area (Å²) >= 11 is 6.03. The second kappa shape index (κ2) is 10.5. The average Bonchev–Trinajstić information content (AvgIpc) is 2.71. The van der Waals surface area contributed by atoms with Crippen LogP contribution in [0, 0.1) is 13.8 Å². The van der Waals surface area contributed by atoms with Crippen molar-refractivity contribution >= 4 is 34.2 Å². The summed E-state index contributed by atoms with van der Waals surface area (Å²) in [5.41, 5.74) is 3.91. The molecule has 7 heteroatoms. The van der Waals surface area contributed by atoms with E-state index in [9.17, 15) is 9.59 Å². The van der Waals surface area contributed by atoms with Gasteiger partial charge < -0.3 is 19.9 Å². The van der Waals surface area contributed by atoms with Crippen molar-refractivity contribution in [3.63, 3.8) is 0 Å². The van der Waals surface area contributed by atoms with Gasteiger partial charge >= 0.3 is 6.03 Å². The highest BCUT2D eigenvalue weighted by molar-refractivity contribution is 6.30. The summed E-state index contributed by atoms with van der Waals surface area (Å²) in [5, 5.41) is 4.36. The topological polar surface area (TPSA) is 74.4 Å². The van der Waals surface area contributed by atoms with Gasteiger partial charge in [0.05, 0.1) is 12.1 Å². The van der Waals surface area contributed by atoms with Crippen molar-refractivity contribution in [2.24, 2.45) is 0 Å². The fourth-order valence-electron chi connectivity index (χ4n) is 3.58. The van der Waals surface area contributed by atoms with Gasteiger partial charge in [-0.05, 0) is 68.5 Å². The molecule has 0 radical (unpaired) electrons. The number of halogens is 1. The zero-order chi connectivity index (χ0) is 22.4. The number of nitrogens with zero attached hydrogens (tertiary/aromatic N) is 1. The van der Waals surface area contributed by atoms with Crippen molar-refractivity contribution in [2.75, 3.05) is 25.1 Å². The van der Waals surface area contributed by atoms with Crippen LogP contribution < -0.4 is 10.9 Å². The Labute approximate surface area is 187 Å². The van der Waals surface area contributed by atoms with Crippen LogP contribution in [0.1, 0.15) is 30.0 Å². The molecule has 0 atom stereocenters. The number of pyridine rings is 1. The number of hydrogen-bond acceptors (Lipinski definition) is 3. The van der Waals surface area contributed by atoms with E-state index in [-0.39, 0.29) is 18.1 Å². The minimum Gasteiger partial charge on any atom is -0.382 e. The van der Waals surface area contributed by atoms with Gasteiger partial charge in [-0.15, -0.1) is 0 Å². The first kappa shape index (κ1) is 22.8. The summed E-state index contributed by atoms with van der Waals surface area (Å²) in [5.74, 6) is 0. The Morgan fingerprint density at radius 3 is 2.74 bits per heavy atom. The zero-order valence-electron chi connectivity index (χ0n) is 18.1. The number of aryl methyl sites for hydroxylation is 2. The molecule has 1 heterocycles. The molecule has 3 aromatic rings. The molecule has 2 N–H and O–H groups in total. The smallest absolute Gasteiger partial charge is 0.322 e. The van der Waals surface area contributed by atoms with Crippen molar-refractivity contribution in [1.82, 2.24) is 9.88 Å².